The molecular weight excluding hydrogens is 290 g/mol. The number of hydrogen-bond donors (Lipinski definition) is 3. The third-order valence-corrected chi connectivity index (χ3v) is 4.00. The zero-order chi connectivity index (χ0) is 16.1. The number of rotatable bonds is 2. The molecule has 116 valence electrons. The molecule has 23 heavy (non-hydrogen) atoms. The number of phenols is 1. The van der Waals surface area contributed by atoms with Crippen molar-refractivity contribution < 1.29 is 5.11 Å². The standard InChI is InChI=1S/C17H17N5O/c1-9(2)22-14-5-6-19-17(18)15(14)16(21-22)13-8-10-7-11(23)3-4-12(10)20-13/h3-9,20,23H,1-2H3,(H2,18,19). The van der Waals surface area contributed by atoms with Gasteiger partial charge in [0.25, 0.3) is 0 Å². The molecule has 0 fully saturated rings. The fraction of sp³-hybridized carbons (Fsp3) is 0.176. The number of aromatic amines is 1. The van der Waals surface area contributed by atoms with Gasteiger partial charge in [0.2, 0.25) is 0 Å². The van der Waals surface area contributed by atoms with Crippen molar-refractivity contribution >= 4 is 27.6 Å². The lowest BCUT2D eigenvalue weighted by atomic mass is 10.2. The molecule has 0 saturated heterocycles. The summed E-state index contributed by atoms with van der Waals surface area (Å²) in [5.74, 6) is 0.702. The van der Waals surface area contributed by atoms with Crippen LogP contribution < -0.4 is 5.73 Å². The van der Waals surface area contributed by atoms with E-state index in [-0.39, 0.29) is 11.8 Å². The van der Waals surface area contributed by atoms with E-state index in [0.29, 0.717) is 5.82 Å². The number of fused-ring (bicyclic) bond motifs is 2. The molecule has 6 nitrogen and oxygen atoms in total. The number of hydrogen-bond acceptors (Lipinski definition) is 4. The van der Waals surface area contributed by atoms with Gasteiger partial charge in [0.15, 0.2) is 0 Å². The Morgan fingerprint density at radius 2 is 2.04 bits per heavy atom. The number of benzene rings is 1. The first-order chi connectivity index (χ1) is 11.0. The fourth-order valence-corrected chi connectivity index (χ4v) is 2.94. The molecule has 4 N–H and O–H groups in total. The first-order valence-corrected chi connectivity index (χ1v) is 7.49. The largest absolute Gasteiger partial charge is 0.508 e. The smallest absolute Gasteiger partial charge is 0.135 e. The van der Waals surface area contributed by atoms with Crippen LogP contribution in [0, 0.1) is 0 Å². The van der Waals surface area contributed by atoms with Crippen LogP contribution in [-0.4, -0.2) is 24.9 Å². The Kier molecular flexibility index (Phi) is 2.81. The highest BCUT2D eigenvalue weighted by molar-refractivity contribution is 6.01. The van der Waals surface area contributed by atoms with Crippen molar-refractivity contribution in [2.75, 3.05) is 5.73 Å². The number of nitrogens with two attached hydrogens (primary N) is 1. The van der Waals surface area contributed by atoms with E-state index < -0.39 is 0 Å². The first-order valence-electron chi connectivity index (χ1n) is 7.49. The van der Waals surface area contributed by atoms with Crippen LogP contribution in [0.5, 0.6) is 5.75 Å². The maximum Gasteiger partial charge on any atom is 0.135 e. The lowest BCUT2D eigenvalue weighted by Gasteiger charge is -2.06. The van der Waals surface area contributed by atoms with Crippen molar-refractivity contribution in [2.45, 2.75) is 19.9 Å². The summed E-state index contributed by atoms with van der Waals surface area (Å²) in [7, 11) is 0. The minimum absolute atomic E-state index is 0.210. The minimum atomic E-state index is 0.210. The molecule has 6 heteroatoms. The predicted molar refractivity (Wildman–Crippen MR) is 91.3 cm³/mol. The van der Waals surface area contributed by atoms with Crippen molar-refractivity contribution in [3.63, 3.8) is 0 Å². The first kappa shape index (κ1) is 13.6. The summed E-state index contributed by atoms with van der Waals surface area (Å²) in [5, 5.41) is 16.1. The third kappa shape index (κ3) is 2.03. The van der Waals surface area contributed by atoms with Gasteiger partial charge in [-0.2, -0.15) is 5.10 Å². The quantitative estimate of drug-likeness (QED) is 0.529. The number of phenolic OH excluding ortho intramolecular Hbond substituents is 1. The van der Waals surface area contributed by atoms with Gasteiger partial charge in [-0.15, -0.1) is 0 Å². The molecule has 4 rings (SSSR count). The number of aromatic nitrogens is 4. The van der Waals surface area contributed by atoms with Gasteiger partial charge in [0.1, 0.15) is 17.3 Å². The van der Waals surface area contributed by atoms with E-state index >= 15 is 0 Å². The number of H-pyrrole nitrogens is 1. The van der Waals surface area contributed by atoms with E-state index in [9.17, 15) is 5.11 Å². The van der Waals surface area contributed by atoms with Crippen LogP contribution in [0.4, 0.5) is 5.82 Å². The Labute approximate surface area is 132 Å². The topological polar surface area (TPSA) is 92.8 Å². The average Bonchev–Trinajstić information content (AvgIpc) is 3.08. The Morgan fingerprint density at radius 1 is 1.22 bits per heavy atom. The van der Waals surface area contributed by atoms with Crippen LogP contribution >= 0.6 is 0 Å². The van der Waals surface area contributed by atoms with Gasteiger partial charge in [-0.25, -0.2) is 4.98 Å². The molecule has 0 aliphatic rings. The molecule has 0 spiro atoms. The summed E-state index contributed by atoms with van der Waals surface area (Å²) >= 11 is 0. The molecule has 0 aliphatic carbocycles. The molecule has 0 saturated carbocycles. The molecule has 4 aromatic rings. The Bertz CT molecular complexity index is 1030. The van der Waals surface area contributed by atoms with Crippen molar-refractivity contribution in [2.24, 2.45) is 0 Å². The van der Waals surface area contributed by atoms with E-state index in [4.69, 9.17) is 10.8 Å². The number of pyridine rings is 1. The molecule has 3 heterocycles. The van der Waals surface area contributed by atoms with Crippen LogP contribution in [0.15, 0.2) is 36.5 Å². The number of aromatic hydroxyl groups is 1. The zero-order valence-electron chi connectivity index (χ0n) is 12.9. The van der Waals surface area contributed by atoms with Gasteiger partial charge in [0.05, 0.1) is 16.6 Å². The molecule has 0 atom stereocenters. The molecule has 0 radical (unpaired) electrons. The van der Waals surface area contributed by atoms with Gasteiger partial charge in [-0.05, 0) is 44.2 Å². The number of nitrogen functional groups attached to an aromatic ring is 1. The SMILES string of the molecule is CC(C)n1nc(-c2cc3cc(O)ccc3[nH]2)c2c(N)nccc21. The van der Waals surface area contributed by atoms with Crippen molar-refractivity contribution in [3.05, 3.63) is 36.5 Å². The van der Waals surface area contributed by atoms with Crippen LogP contribution in [0.1, 0.15) is 19.9 Å². The van der Waals surface area contributed by atoms with E-state index in [2.05, 4.69) is 23.8 Å². The summed E-state index contributed by atoms with van der Waals surface area (Å²) in [5.41, 5.74) is 9.64. The summed E-state index contributed by atoms with van der Waals surface area (Å²) in [6, 6.07) is 9.32. The molecule has 0 aliphatic heterocycles. The predicted octanol–water partition coefficient (Wildman–Crippen LogP) is 3.45. The van der Waals surface area contributed by atoms with Crippen molar-refractivity contribution in [1.29, 1.82) is 0 Å². The maximum absolute atomic E-state index is 9.64. The van der Waals surface area contributed by atoms with Crippen LogP contribution in [-0.2, 0) is 0 Å². The summed E-state index contributed by atoms with van der Waals surface area (Å²) in [4.78, 5) is 7.55. The van der Waals surface area contributed by atoms with E-state index in [1.807, 2.05) is 22.9 Å². The van der Waals surface area contributed by atoms with E-state index in [1.165, 1.54) is 0 Å². The molecule has 1 aromatic carbocycles. The number of nitrogens with one attached hydrogen (secondary N) is 1. The molecular formula is C17H17N5O. The van der Waals surface area contributed by atoms with Crippen LogP contribution in [0.3, 0.4) is 0 Å². The second kappa shape index (κ2) is 4.74. The number of nitrogens with zero attached hydrogens (tertiary/aromatic N) is 3. The van der Waals surface area contributed by atoms with Crippen LogP contribution in [0.25, 0.3) is 33.2 Å². The van der Waals surface area contributed by atoms with Gasteiger partial charge in [-0.3, -0.25) is 4.68 Å². The fourth-order valence-electron chi connectivity index (χ4n) is 2.94. The maximum atomic E-state index is 9.64. The monoisotopic (exact) mass is 307 g/mol. The highest BCUT2D eigenvalue weighted by Crippen LogP contribution is 2.34. The Hall–Kier alpha value is -3.02. The highest BCUT2D eigenvalue weighted by atomic mass is 16.3. The summed E-state index contributed by atoms with van der Waals surface area (Å²) in [6.45, 7) is 4.16. The summed E-state index contributed by atoms with van der Waals surface area (Å²) < 4.78 is 1.95. The van der Waals surface area contributed by atoms with E-state index in [1.54, 1.807) is 18.3 Å². The minimum Gasteiger partial charge on any atom is -0.508 e. The normalized spacial score (nSPS) is 11.8. The average molecular weight is 307 g/mol. The second-order valence-corrected chi connectivity index (χ2v) is 5.93. The van der Waals surface area contributed by atoms with Gasteiger partial charge < -0.3 is 15.8 Å². The van der Waals surface area contributed by atoms with E-state index in [0.717, 1.165) is 33.2 Å². The second-order valence-electron chi connectivity index (χ2n) is 5.93. The number of anilines is 1. The van der Waals surface area contributed by atoms with Gasteiger partial charge in [-0.1, -0.05) is 0 Å². The molecule has 0 amide bonds. The third-order valence-electron chi connectivity index (χ3n) is 4.00. The Morgan fingerprint density at radius 3 is 2.83 bits per heavy atom. The van der Waals surface area contributed by atoms with Crippen LogP contribution in [0.2, 0.25) is 0 Å². The Balaban J connectivity index is 2.03. The zero-order valence-corrected chi connectivity index (χ0v) is 12.9. The van der Waals surface area contributed by atoms with Crippen molar-refractivity contribution in [1.82, 2.24) is 19.7 Å². The molecule has 0 unspecified atom stereocenters. The lowest BCUT2D eigenvalue weighted by molar-refractivity contribution is 0.476. The molecule has 0 bridgehead atoms. The van der Waals surface area contributed by atoms with Gasteiger partial charge in [0, 0.05) is 23.1 Å². The highest BCUT2D eigenvalue weighted by Gasteiger charge is 2.18. The van der Waals surface area contributed by atoms with Crippen molar-refractivity contribution in [3.8, 4) is 17.1 Å². The molecule has 3 aromatic heterocycles. The van der Waals surface area contributed by atoms with Gasteiger partial charge >= 0.3 is 0 Å². The lowest BCUT2D eigenvalue weighted by Crippen LogP contribution is -2.02. The summed E-state index contributed by atoms with van der Waals surface area (Å²) in [6.07, 6.45) is 1.70.